The number of carboxylic acids is 1. The van der Waals surface area contributed by atoms with E-state index in [0.29, 0.717) is 25.4 Å². The fourth-order valence-electron chi connectivity index (χ4n) is 2.28. The van der Waals surface area contributed by atoms with Gasteiger partial charge in [-0.2, -0.15) is 0 Å². The molecule has 0 saturated carbocycles. The fourth-order valence-corrected chi connectivity index (χ4v) is 2.28. The van der Waals surface area contributed by atoms with E-state index in [1.54, 1.807) is 6.07 Å². The molecule has 0 fully saturated rings. The Morgan fingerprint density at radius 2 is 1.65 bits per heavy atom. The molecule has 3 aromatic rings. The molecular weight excluding hydrogens is 347 g/mol. The van der Waals surface area contributed by atoms with E-state index >= 15 is 0 Å². The maximum atomic E-state index is 11.8. The monoisotopic (exact) mass is 362 g/mol. The second-order valence-electron chi connectivity index (χ2n) is 5.28. The van der Waals surface area contributed by atoms with E-state index in [-0.39, 0.29) is 40.5 Å². The molecule has 0 atom stereocenters. The van der Waals surface area contributed by atoms with Gasteiger partial charge in [-0.25, -0.2) is 0 Å². The third kappa shape index (κ3) is 5.11. The van der Waals surface area contributed by atoms with E-state index in [1.807, 2.05) is 30.3 Å². The molecule has 0 radical (unpaired) electrons. The van der Waals surface area contributed by atoms with Crippen molar-refractivity contribution >= 4 is 16.9 Å². The Morgan fingerprint density at radius 1 is 0.962 bits per heavy atom. The number of carbonyl (C=O) groups excluding carboxylic acids is 1. The summed E-state index contributed by atoms with van der Waals surface area (Å²) in [5.74, 6) is -0.773. The topological polar surface area (TPSA) is 88.8 Å². The van der Waals surface area contributed by atoms with Gasteiger partial charge < -0.3 is 23.8 Å². The molecule has 2 aromatic carbocycles. The first kappa shape index (κ1) is 20.0. The van der Waals surface area contributed by atoms with E-state index in [2.05, 4.69) is 0 Å². The van der Waals surface area contributed by atoms with Crippen molar-refractivity contribution in [1.29, 1.82) is 0 Å². The summed E-state index contributed by atoms with van der Waals surface area (Å²) < 4.78 is 16.3. The summed E-state index contributed by atoms with van der Waals surface area (Å²) >= 11 is 0. The molecule has 0 aliphatic heterocycles. The molecule has 6 nitrogen and oxygen atoms in total. The molecule has 1 heterocycles. The number of ether oxygens (including phenoxy) is 2. The number of para-hydroxylation sites is 1. The Labute approximate surface area is 171 Å². The number of fused-ring (bicyclic) bond motifs is 1. The normalized spacial score (nSPS) is 10.2. The van der Waals surface area contributed by atoms with Crippen LogP contribution < -0.4 is 49.6 Å². The van der Waals surface area contributed by atoms with Crippen LogP contribution in [0.1, 0.15) is 17.0 Å². The number of aromatic carboxylic acids is 1. The first-order chi connectivity index (χ1) is 12.1. The molecule has 0 aliphatic carbocycles. The largest absolute Gasteiger partial charge is 1.00 e. The molecule has 0 saturated heterocycles. The van der Waals surface area contributed by atoms with Crippen molar-refractivity contribution in [2.45, 2.75) is 6.42 Å². The van der Waals surface area contributed by atoms with Gasteiger partial charge in [0, 0.05) is 18.6 Å². The second-order valence-corrected chi connectivity index (χ2v) is 5.28. The van der Waals surface area contributed by atoms with Crippen LogP contribution in [-0.2, 0) is 0 Å². The standard InChI is InChI=1S/C19H16O6.Na/c20-16-12-18(19(21)22)25-17-11-14(7-8-15(16)17)24-10-4-9-23-13-5-2-1-3-6-13;/h1-3,5-8,11-12H,4,9-10H2,(H,21,22);/q;+1/p-1. The zero-order valence-corrected chi connectivity index (χ0v) is 16.3. The first-order valence-corrected chi connectivity index (χ1v) is 7.73. The van der Waals surface area contributed by atoms with Crippen LogP contribution >= 0.6 is 0 Å². The van der Waals surface area contributed by atoms with Crippen molar-refractivity contribution in [3.63, 3.8) is 0 Å². The predicted molar refractivity (Wildman–Crippen MR) is 88.9 cm³/mol. The summed E-state index contributed by atoms with van der Waals surface area (Å²) in [5.41, 5.74) is -0.298. The third-order valence-electron chi connectivity index (χ3n) is 3.47. The van der Waals surface area contributed by atoms with Crippen molar-refractivity contribution < 1.29 is 53.3 Å². The van der Waals surface area contributed by atoms with Gasteiger partial charge in [0.05, 0.1) is 18.6 Å². The van der Waals surface area contributed by atoms with Crippen molar-refractivity contribution in [2.24, 2.45) is 0 Å². The maximum Gasteiger partial charge on any atom is 1.00 e. The molecule has 3 rings (SSSR count). The van der Waals surface area contributed by atoms with Gasteiger partial charge >= 0.3 is 29.6 Å². The van der Waals surface area contributed by atoms with Crippen LogP contribution in [0.25, 0.3) is 11.0 Å². The van der Waals surface area contributed by atoms with Gasteiger partial charge in [-0.3, -0.25) is 4.79 Å². The average molecular weight is 362 g/mol. The molecule has 1 aromatic heterocycles. The molecule has 26 heavy (non-hydrogen) atoms. The van der Waals surface area contributed by atoms with Crippen molar-refractivity contribution in [3.05, 3.63) is 70.6 Å². The summed E-state index contributed by atoms with van der Waals surface area (Å²) in [6, 6.07) is 15.0. The third-order valence-corrected chi connectivity index (χ3v) is 3.47. The Hall–Kier alpha value is -2.28. The molecular formula is C19H15NaO6. The molecule has 0 N–H and O–H groups in total. The van der Waals surface area contributed by atoms with Gasteiger partial charge in [0.25, 0.3) is 0 Å². The van der Waals surface area contributed by atoms with E-state index in [0.717, 1.165) is 11.8 Å². The summed E-state index contributed by atoms with van der Waals surface area (Å²) in [5, 5.41) is 11.1. The Morgan fingerprint density at radius 3 is 2.35 bits per heavy atom. The number of hydrogen-bond acceptors (Lipinski definition) is 6. The number of benzene rings is 2. The maximum absolute atomic E-state index is 11.8. The van der Waals surface area contributed by atoms with Crippen molar-refractivity contribution in [3.8, 4) is 11.5 Å². The molecule has 0 amide bonds. The Kier molecular flexibility index (Phi) is 7.26. The molecule has 7 heteroatoms. The molecule has 0 unspecified atom stereocenters. The van der Waals surface area contributed by atoms with Crippen LogP contribution in [0.3, 0.4) is 0 Å². The van der Waals surface area contributed by atoms with Gasteiger partial charge in [-0.15, -0.1) is 0 Å². The average Bonchev–Trinajstić information content (AvgIpc) is 2.62. The van der Waals surface area contributed by atoms with E-state index in [9.17, 15) is 14.7 Å². The van der Waals surface area contributed by atoms with E-state index < -0.39 is 17.2 Å². The Bertz CT molecular complexity index is 936. The first-order valence-electron chi connectivity index (χ1n) is 7.73. The van der Waals surface area contributed by atoms with Crippen LogP contribution in [0.4, 0.5) is 0 Å². The molecule has 0 bridgehead atoms. The molecule has 128 valence electrons. The van der Waals surface area contributed by atoms with Crippen molar-refractivity contribution in [1.82, 2.24) is 0 Å². The SMILES string of the molecule is O=C([O-])c1cc(=O)c2ccc(OCCCOc3ccccc3)cc2o1.[Na+]. The number of carbonyl (C=O) groups is 1. The molecule has 0 spiro atoms. The van der Waals surface area contributed by atoms with Gasteiger partial charge in [0.1, 0.15) is 23.1 Å². The van der Waals surface area contributed by atoms with Crippen LogP contribution in [0, 0.1) is 0 Å². The zero-order valence-electron chi connectivity index (χ0n) is 14.3. The summed E-state index contributed by atoms with van der Waals surface area (Å²) in [6.45, 7) is 0.907. The van der Waals surface area contributed by atoms with E-state index in [4.69, 9.17) is 13.9 Å². The van der Waals surface area contributed by atoms with Crippen LogP contribution in [0.15, 0.2) is 63.8 Å². The Balaban J connectivity index is 0.00000243. The summed E-state index contributed by atoms with van der Waals surface area (Å²) in [6.07, 6.45) is 0.663. The van der Waals surface area contributed by atoms with Gasteiger partial charge in [-0.05, 0) is 24.3 Å². The minimum absolute atomic E-state index is 0. The summed E-state index contributed by atoms with van der Waals surface area (Å²) in [4.78, 5) is 22.7. The quantitative estimate of drug-likeness (QED) is 0.396. The minimum Gasteiger partial charge on any atom is -0.542 e. The minimum atomic E-state index is -1.54. The smallest absolute Gasteiger partial charge is 0.542 e. The zero-order chi connectivity index (χ0) is 17.6. The summed E-state index contributed by atoms with van der Waals surface area (Å²) in [7, 11) is 0. The van der Waals surface area contributed by atoms with Gasteiger partial charge in [0.15, 0.2) is 11.2 Å². The fraction of sp³-hybridized carbons (Fsp3) is 0.158. The number of hydrogen-bond donors (Lipinski definition) is 0. The predicted octanol–water partition coefficient (Wildman–Crippen LogP) is -0.992. The van der Waals surface area contributed by atoms with Crippen LogP contribution in [0.5, 0.6) is 11.5 Å². The second kappa shape index (κ2) is 9.43. The number of rotatable bonds is 7. The van der Waals surface area contributed by atoms with Crippen LogP contribution in [0.2, 0.25) is 0 Å². The van der Waals surface area contributed by atoms with Gasteiger partial charge in [0.2, 0.25) is 0 Å². The molecule has 0 aliphatic rings. The number of carboxylic acid groups (broad SMARTS) is 1. The van der Waals surface area contributed by atoms with Gasteiger partial charge in [-0.1, -0.05) is 18.2 Å². The van der Waals surface area contributed by atoms with Crippen LogP contribution in [-0.4, -0.2) is 19.2 Å². The van der Waals surface area contributed by atoms with E-state index in [1.165, 1.54) is 12.1 Å². The van der Waals surface area contributed by atoms with Crippen molar-refractivity contribution in [2.75, 3.05) is 13.2 Å².